The van der Waals surface area contributed by atoms with Crippen LogP contribution in [0, 0.1) is 0 Å². The van der Waals surface area contributed by atoms with Crippen LogP contribution in [-0.4, -0.2) is 24.3 Å². The molecule has 2 aromatic rings. The topological polar surface area (TPSA) is 59.9 Å². The van der Waals surface area contributed by atoms with E-state index < -0.39 is 6.10 Å². The minimum absolute atomic E-state index is 0.0176. The van der Waals surface area contributed by atoms with E-state index in [1.807, 2.05) is 79.8 Å². The summed E-state index contributed by atoms with van der Waals surface area (Å²) in [7, 11) is 0. The molecule has 1 unspecified atom stereocenters. The highest BCUT2D eigenvalue weighted by Gasteiger charge is 2.28. The molecule has 3 rings (SSSR count). The quantitative estimate of drug-likeness (QED) is 0.439. The number of nitrogens with zero attached hydrogens (tertiary/aromatic N) is 1. The van der Waals surface area contributed by atoms with Crippen molar-refractivity contribution >= 4 is 17.7 Å². The van der Waals surface area contributed by atoms with E-state index in [2.05, 4.69) is 31.3 Å². The van der Waals surface area contributed by atoms with Gasteiger partial charge in [-0.25, -0.2) is 5.43 Å². The van der Waals surface area contributed by atoms with Crippen LogP contribution < -0.4 is 14.9 Å². The van der Waals surface area contributed by atoms with Crippen LogP contribution in [0.25, 0.3) is 6.08 Å². The first-order valence-electron chi connectivity index (χ1n) is 10.0. The van der Waals surface area contributed by atoms with E-state index in [9.17, 15) is 4.79 Å². The minimum Gasteiger partial charge on any atom is -0.485 e. The Bertz CT molecular complexity index is 970. The normalized spacial score (nSPS) is 16.8. The number of ether oxygens (including phenoxy) is 2. The Hall–Kier alpha value is -3.34. The van der Waals surface area contributed by atoms with E-state index in [1.54, 1.807) is 0 Å². The SMILES string of the molecule is CC(/C=C/C=C/c1ccccc1)=N/NC(=O)C1COc2ccc(C(C)(C)C)cc2O1. The Kier molecular flexibility index (Phi) is 6.72. The molecular weight excluding hydrogens is 376 g/mol. The average Bonchev–Trinajstić information content (AvgIpc) is 2.74. The first-order chi connectivity index (χ1) is 14.3. The van der Waals surface area contributed by atoms with Gasteiger partial charge in [-0.05, 0) is 41.7 Å². The molecule has 0 saturated carbocycles. The third-order valence-corrected chi connectivity index (χ3v) is 4.64. The fraction of sp³-hybridized carbons (Fsp3) is 0.280. The lowest BCUT2D eigenvalue weighted by Gasteiger charge is -2.27. The summed E-state index contributed by atoms with van der Waals surface area (Å²) in [6, 6.07) is 15.9. The van der Waals surface area contributed by atoms with E-state index in [1.165, 1.54) is 0 Å². The average molecular weight is 405 g/mol. The molecule has 0 bridgehead atoms. The lowest BCUT2D eigenvalue weighted by Crippen LogP contribution is -2.42. The predicted octanol–water partition coefficient (Wildman–Crippen LogP) is 4.89. The molecule has 1 aliphatic heterocycles. The summed E-state index contributed by atoms with van der Waals surface area (Å²) < 4.78 is 11.6. The number of nitrogens with one attached hydrogen (secondary N) is 1. The summed E-state index contributed by atoms with van der Waals surface area (Å²) in [5.74, 6) is 0.898. The van der Waals surface area contributed by atoms with E-state index in [4.69, 9.17) is 9.47 Å². The van der Waals surface area contributed by atoms with E-state index in [0.29, 0.717) is 17.2 Å². The Morgan fingerprint density at radius 3 is 2.60 bits per heavy atom. The minimum atomic E-state index is -0.744. The van der Waals surface area contributed by atoms with Crippen LogP contribution in [0.5, 0.6) is 11.5 Å². The van der Waals surface area contributed by atoms with Gasteiger partial charge in [0.05, 0.1) is 5.71 Å². The number of allylic oxidation sites excluding steroid dienone is 3. The van der Waals surface area contributed by atoms with Gasteiger partial charge < -0.3 is 9.47 Å². The Morgan fingerprint density at radius 2 is 1.87 bits per heavy atom. The second kappa shape index (κ2) is 9.44. The number of fused-ring (bicyclic) bond motifs is 1. The number of hydrogen-bond acceptors (Lipinski definition) is 4. The van der Waals surface area contributed by atoms with Gasteiger partial charge in [-0.1, -0.05) is 75.4 Å². The molecule has 0 fully saturated rings. The van der Waals surface area contributed by atoms with Crippen molar-refractivity contribution in [2.45, 2.75) is 39.2 Å². The van der Waals surface area contributed by atoms with Crippen molar-refractivity contribution in [1.82, 2.24) is 5.43 Å². The van der Waals surface area contributed by atoms with Gasteiger partial charge in [-0.2, -0.15) is 5.10 Å². The molecule has 156 valence electrons. The summed E-state index contributed by atoms with van der Waals surface area (Å²) in [5.41, 5.74) is 5.45. The number of benzene rings is 2. The Balaban J connectivity index is 1.56. The fourth-order valence-corrected chi connectivity index (χ4v) is 2.85. The summed E-state index contributed by atoms with van der Waals surface area (Å²) >= 11 is 0. The molecular formula is C25H28N2O3. The zero-order valence-electron chi connectivity index (χ0n) is 17.9. The van der Waals surface area contributed by atoms with Crippen LogP contribution in [0.3, 0.4) is 0 Å². The van der Waals surface area contributed by atoms with Crippen LogP contribution in [0.2, 0.25) is 0 Å². The molecule has 5 heteroatoms. The highest BCUT2D eigenvalue weighted by molar-refractivity contribution is 5.94. The van der Waals surface area contributed by atoms with Gasteiger partial charge in [0.2, 0.25) is 6.10 Å². The van der Waals surface area contributed by atoms with E-state index in [0.717, 1.165) is 11.1 Å². The van der Waals surface area contributed by atoms with E-state index in [-0.39, 0.29) is 17.9 Å². The van der Waals surface area contributed by atoms with Crippen molar-refractivity contribution in [3.8, 4) is 11.5 Å². The van der Waals surface area contributed by atoms with Crippen LogP contribution in [0.1, 0.15) is 38.8 Å². The first kappa shape index (κ1) is 21.4. The van der Waals surface area contributed by atoms with Crippen molar-refractivity contribution in [1.29, 1.82) is 0 Å². The van der Waals surface area contributed by atoms with Crippen molar-refractivity contribution < 1.29 is 14.3 Å². The molecule has 0 saturated heterocycles. The van der Waals surface area contributed by atoms with Crippen LogP contribution >= 0.6 is 0 Å². The number of amides is 1. The molecule has 1 atom stereocenters. The van der Waals surface area contributed by atoms with Crippen LogP contribution in [0.4, 0.5) is 0 Å². The maximum atomic E-state index is 12.4. The molecule has 5 nitrogen and oxygen atoms in total. The Morgan fingerprint density at radius 1 is 1.10 bits per heavy atom. The molecule has 1 aliphatic rings. The first-order valence-corrected chi connectivity index (χ1v) is 10.0. The van der Waals surface area contributed by atoms with Gasteiger partial charge in [0.25, 0.3) is 5.91 Å². The van der Waals surface area contributed by atoms with Crippen molar-refractivity contribution in [3.63, 3.8) is 0 Å². The highest BCUT2D eigenvalue weighted by Crippen LogP contribution is 2.36. The van der Waals surface area contributed by atoms with Crippen molar-refractivity contribution in [2.24, 2.45) is 5.10 Å². The summed E-state index contributed by atoms with van der Waals surface area (Å²) in [6.07, 6.45) is 6.88. The number of hydrogen-bond donors (Lipinski definition) is 1. The Labute approximate surface area is 178 Å². The monoisotopic (exact) mass is 404 g/mol. The number of carbonyl (C=O) groups excluding carboxylic acids is 1. The molecule has 0 aromatic heterocycles. The number of carbonyl (C=O) groups is 1. The smallest absolute Gasteiger partial charge is 0.284 e. The number of rotatable bonds is 5. The third-order valence-electron chi connectivity index (χ3n) is 4.64. The lowest BCUT2D eigenvalue weighted by molar-refractivity contribution is -0.130. The van der Waals surface area contributed by atoms with Gasteiger partial charge in [-0.15, -0.1) is 0 Å². The molecule has 1 N–H and O–H groups in total. The fourth-order valence-electron chi connectivity index (χ4n) is 2.85. The highest BCUT2D eigenvalue weighted by atomic mass is 16.6. The molecule has 0 radical (unpaired) electrons. The summed E-state index contributed by atoms with van der Waals surface area (Å²) in [5, 5.41) is 4.12. The molecule has 30 heavy (non-hydrogen) atoms. The van der Waals surface area contributed by atoms with Gasteiger partial charge in [0, 0.05) is 0 Å². The second-order valence-corrected chi connectivity index (χ2v) is 8.19. The number of hydrazone groups is 1. The van der Waals surface area contributed by atoms with Gasteiger partial charge in [0.1, 0.15) is 6.61 Å². The maximum absolute atomic E-state index is 12.4. The zero-order chi connectivity index (χ0) is 21.6. The third kappa shape index (κ3) is 5.83. The lowest BCUT2D eigenvalue weighted by atomic mass is 9.87. The van der Waals surface area contributed by atoms with E-state index >= 15 is 0 Å². The zero-order valence-corrected chi connectivity index (χ0v) is 17.9. The molecule has 1 heterocycles. The summed E-state index contributed by atoms with van der Waals surface area (Å²) in [4.78, 5) is 12.4. The largest absolute Gasteiger partial charge is 0.485 e. The van der Waals surface area contributed by atoms with Crippen molar-refractivity contribution in [2.75, 3.05) is 6.61 Å². The van der Waals surface area contributed by atoms with Gasteiger partial charge in [0.15, 0.2) is 11.5 Å². The van der Waals surface area contributed by atoms with Gasteiger partial charge >= 0.3 is 0 Å². The molecule has 0 spiro atoms. The molecule has 0 aliphatic carbocycles. The standard InChI is InChI=1S/C25H28N2O3/c1-18(10-8-9-13-19-11-6-5-7-12-19)26-27-24(28)23-17-29-21-15-14-20(25(2,3)4)16-22(21)30-23/h5-16,23H,17H2,1-4H3,(H,27,28)/b10-8+,13-9+,26-18-. The summed E-state index contributed by atoms with van der Waals surface area (Å²) in [6.45, 7) is 8.35. The van der Waals surface area contributed by atoms with Crippen LogP contribution in [0.15, 0.2) is 71.9 Å². The maximum Gasteiger partial charge on any atom is 0.284 e. The second-order valence-electron chi connectivity index (χ2n) is 8.19. The molecule has 1 amide bonds. The van der Waals surface area contributed by atoms with Gasteiger partial charge in [-0.3, -0.25) is 4.79 Å². The molecule has 2 aromatic carbocycles. The predicted molar refractivity (Wildman–Crippen MR) is 121 cm³/mol. The van der Waals surface area contributed by atoms with Crippen molar-refractivity contribution in [3.05, 3.63) is 77.9 Å². The van der Waals surface area contributed by atoms with Crippen LogP contribution in [-0.2, 0) is 10.2 Å².